The second-order valence-electron chi connectivity index (χ2n) is 5.44. The Balaban J connectivity index is 2.29. The summed E-state index contributed by atoms with van der Waals surface area (Å²) in [5.74, 6) is -0.0570. The number of hydrogen-bond acceptors (Lipinski definition) is 2. The van der Waals surface area contributed by atoms with Gasteiger partial charge in [-0.15, -0.1) is 0 Å². The number of nitrogens with one attached hydrogen (secondary N) is 1. The smallest absolute Gasteiger partial charge is 0.237 e. The largest absolute Gasteiger partial charge is 0.345 e. The van der Waals surface area contributed by atoms with Gasteiger partial charge in [-0.25, -0.2) is 0 Å². The molecule has 3 heteroatoms. The Morgan fingerprint density at radius 2 is 2.06 bits per heavy atom. The molecule has 1 fully saturated rings. The van der Waals surface area contributed by atoms with Crippen LogP contribution in [0.3, 0.4) is 0 Å². The van der Waals surface area contributed by atoms with Gasteiger partial charge in [0.1, 0.15) is 0 Å². The lowest BCUT2D eigenvalue weighted by Gasteiger charge is -2.32. The fraction of sp³-hybridized carbons (Fsp3) is 0.533. The van der Waals surface area contributed by atoms with Gasteiger partial charge in [0.15, 0.2) is 0 Å². The number of amides is 1. The minimum absolute atomic E-state index is 0.0570. The highest BCUT2D eigenvalue weighted by molar-refractivity contribution is 5.82. The van der Waals surface area contributed by atoms with Gasteiger partial charge in [-0.2, -0.15) is 0 Å². The van der Waals surface area contributed by atoms with Crippen LogP contribution < -0.4 is 11.1 Å². The average molecular weight is 246 g/mol. The lowest BCUT2D eigenvalue weighted by Crippen LogP contribution is -2.49. The number of aryl methyl sites for hydroxylation is 1. The lowest BCUT2D eigenvalue weighted by molar-refractivity contribution is -0.124. The lowest BCUT2D eigenvalue weighted by atomic mass is 9.87. The van der Waals surface area contributed by atoms with Crippen molar-refractivity contribution < 1.29 is 4.79 Å². The molecule has 1 saturated carbocycles. The molecule has 1 amide bonds. The van der Waals surface area contributed by atoms with Crippen LogP contribution in [0.2, 0.25) is 0 Å². The maximum absolute atomic E-state index is 11.9. The molecule has 0 aliphatic heterocycles. The van der Waals surface area contributed by atoms with Gasteiger partial charge in [-0.05, 0) is 32.3 Å². The van der Waals surface area contributed by atoms with E-state index >= 15 is 0 Å². The van der Waals surface area contributed by atoms with E-state index in [1.165, 1.54) is 11.1 Å². The van der Waals surface area contributed by atoms with E-state index in [-0.39, 0.29) is 11.4 Å². The molecule has 0 heterocycles. The van der Waals surface area contributed by atoms with Gasteiger partial charge in [0.25, 0.3) is 0 Å². The van der Waals surface area contributed by atoms with Crippen LogP contribution in [0.4, 0.5) is 0 Å². The van der Waals surface area contributed by atoms with Gasteiger partial charge in [0, 0.05) is 0 Å². The van der Waals surface area contributed by atoms with Gasteiger partial charge in [-0.1, -0.05) is 42.7 Å². The van der Waals surface area contributed by atoms with Gasteiger partial charge in [0.05, 0.1) is 11.6 Å². The fourth-order valence-electron chi connectivity index (χ4n) is 2.76. The predicted octanol–water partition coefficient (Wildman–Crippen LogP) is 2.23. The molecular weight excluding hydrogens is 224 g/mol. The second kappa shape index (κ2) is 5.11. The molecule has 0 spiro atoms. The normalized spacial score (nSPS) is 19.5. The van der Waals surface area contributed by atoms with Gasteiger partial charge < -0.3 is 11.1 Å². The van der Waals surface area contributed by atoms with Crippen molar-refractivity contribution in [1.82, 2.24) is 5.32 Å². The van der Waals surface area contributed by atoms with E-state index in [9.17, 15) is 4.79 Å². The Kier molecular flexibility index (Phi) is 3.71. The minimum Gasteiger partial charge on any atom is -0.345 e. The quantitative estimate of drug-likeness (QED) is 0.859. The van der Waals surface area contributed by atoms with E-state index in [1.54, 1.807) is 6.92 Å². The first kappa shape index (κ1) is 13.1. The van der Waals surface area contributed by atoms with E-state index < -0.39 is 6.04 Å². The molecule has 3 N–H and O–H groups in total. The van der Waals surface area contributed by atoms with Gasteiger partial charge >= 0.3 is 0 Å². The molecule has 1 atom stereocenters. The Bertz CT molecular complexity index is 434. The molecule has 3 nitrogen and oxygen atoms in total. The molecular formula is C15H22N2O. The maximum atomic E-state index is 11.9. The first-order valence-electron chi connectivity index (χ1n) is 6.68. The Morgan fingerprint density at radius 1 is 1.39 bits per heavy atom. The van der Waals surface area contributed by atoms with Crippen molar-refractivity contribution in [1.29, 1.82) is 0 Å². The van der Waals surface area contributed by atoms with Crippen molar-refractivity contribution in [2.45, 2.75) is 51.1 Å². The molecule has 1 aliphatic rings. The third kappa shape index (κ3) is 2.56. The summed E-state index contributed by atoms with van der Waals surface area (Å²) in [5, 5.41) is 3.17. The molecule has 1 aliphatic carbocycles. The number of carbonyl (C=O) groups is 1. The topological polar surface area (TPSA) is 55.1 Å². The highest BCUT2D eigenvalue weighted by atomic mass is 16.2. The number of rotatable bonds is 3. The van der Waals surface area contributed by atoms with E-state index in [0.29, 0.717) is 0 Å². The molecule has 2 rings (SSSR count). The van der Waals surface area contributed by atoms with Crippen molar-refractivity contribution in [3.63, 3.8) is 0 Å². The molecule has 0 unspecified atom stereocenters. The van der Waals surface area contributed by atoms with Crippen molar-refractivity contribution >= 4 is 5.91 Å². The third-order valence-electron chi connectivity index (χ3n) is 3.80. The van der Waals surface area contributed by atoms with Crippen molar-refractivity contribution in [2.75, 3.05) is 0 Å². The highest BCUT2D eigenvalue weighted by Crippen LogP contribution is 2.39. The predicted molar refractivity (Wildman–Crippen MR) is 73.1 cm³/mol. The van der Waals surface area contributed by atoms with Crippen LogP contribution in [0.1, 0.15) is 43.7 Å². The van der Waals surface area contributed by atoms with Crippen LogP contribution in [0.25, 0.3) is 0 Å². The summed E-state index contributed by atoms with van der Waals surface area (Å²) in [4.78, 5) is 11.9. The monoisotopic (exact) mass is 246 g/mol. The zero-order chi connectivity index (χ0) is 13.2. The molecule has 1 aromatic carbocycles. The summed E-state index contributed by atoms with van der Waals surface area (Å²) in [5.41, 5.74) is 7.92. The van der Waals surface area contributed by atoms with Crippen LogP contribution in [0.15, 0.2) is 24.3 Å². The number of carbonyl (C=O) groups excluding carboxylic acids is 1. The molecule has 0 bridgehead atoms. The maximum Gasteiger partial charge on any atom is 0.237 e. The average Bonchev–Trinajstić information content (AvgIpc) is 2.78. The molecule has 98 valence electrons. The summed E-state index contributed by atoms with van der Waals surface area (Å²) in [7, 11) is 0. The Morgan fingerprint density at radius 3 is 2.61 bits per heavy atom. The standard InChI is InChI=1S/C15H22N2O/c1-11-6-5-7-13(10-11)15(8-3-4-9-15)17-14(18)12(2)16/h5-7,10,12H,3-4,8-9,16H2,1-2H3,(H,17,18)/t12-/m0/s1. The fourth-order valence-corrected chi connectivity index (χ4v) is 2.76. The summed E-state index contributed by atoms with van der Waals surface area (Å²) >= 11 is 0. The minimum atomic E-state index is -0.452. The Labute approximate surface area is 109 Å². The van der Waals surface area contributed by atoms with Crippen LogP contribution in [-0.2, 0) is 10.3 Å². The third-order valence-corrected chi connectivity index (χ3v) is 3.80. The summed E-state index contributed by atoms with van der Waals surface area (Å²) in [6.07, 6.45) is 4.34. The van der Waals surface area contributed by atoms with Crippen LogP contribution in [0.5, 0.6) is 0 Å². The zero-order valence-corrected chi connectivity index (χ0v) is 11.2. The van der Waals surface area contributed by atoms with Crippen LogP contribution in [0, 0.1) is 6.92 Å². The van der Waals surface area contributed by atoms with Crippen LogP contribution >= 0.6 is 0 Å². The summed E-state index contributed by atoms with van der Waals surface area (Å²) in [6.45, 7) is 3.81. The van der Waals surface area contributed by atoms with E-state index in [0.717, 1.165) is 25.7 Å². The van der Waals surface area contributed by atoms with Crippen molar-refractivity contribution in [2.24, 2.45) is 5.73 Å². The van der Waals surface area contributed by atoms with Gasteiger partial charge in [-0.3, -0.25) is 4.79 Å². The Hall–Kier alpha value is -1.35. The van der Waals surface area contributed by atoms with Crippen molar-refractivity contribution in [3.05, 3.63) is 35.4 Å². The molecule has 0 radical (unpaired) electrons. The summed E-state index contributed by atoms with van der Waals surface area (Å²) < 4.78 is 0. The number of benzene rings is 1. The van der Waals surface area contributed by atoms with E-state index in [1.807, 2.05) is 0 Å². The molecule has 18 heavy (non-hydrogen) atoms. The first-order chi connectivity index (χ1) is 8.53. The zero-order valence-electron chi connectivity index (χ0n) is 11.2. The molecule has 1 aromatic rings. The van der Waals surface area contributed by atoms with Crippen LogP contribution in [-0.4, -0.2) is 11.9 Å². The number of nitrogens with two attached hydrogens (primary N) is 1. The molecule has 0 aromatic heterocycles. The molecule has 0 saturated heterocycles. The van der Waals surface area contributed by atoms with Crippen molar-refractivity contribution in [3.8, 4) is 0 Å². The SMILES string of the molecule is Cc1cccc(C2(NC(=O)[C@H](C)N)CCCC2)c1. The van der Waals surface area contributed by atoms with Gasteiger partial charge in [0.2, 0.25) is 5.91 Å². The number of hydrogen-bond donors (Lipinski definition) is 2. The first-order valence-corrected chi connectivity index (χ1v) is 6.68. The van der Waals surface area contributed by atoms with E-state index in [4.69, 9.17) is 5.73 Å². The van der Waals surface area contributed by atoms with E-state index in [2.05, 4.69) is 36.5 Å². The highest BCUT2D eigenvalue weighted by Gasteiger charge is 2.37. The second-order valence-corrected chi connectivity index (χ2v) is 5.44. The summed E-state index contributed by atoms with van der Waals surface area (Å²) in [6, 6.07) is 7.97.